The predicted octanol–water partition coefficient (Wildman–Crippen LogP) is 10.1. The van der Waals surface area contributed by atoms with Gasteiger partial charge in [0.2, 0.25) is 11.8 Å². The van der Waals surface area contributed by atoms with Gasteiger partial charge in [-0.3, -0.25) is 38.2 Å². The van der Waals surface area contributed by atoms with Gasteiger partial charge in [0.25, 0.3) is 11.8 Å². The summed E-state index contributed by atoms with van der Waals surface area (Å²) in [7, 11) is -4.31. The number of amides is 4. The monoisotopic (exact) mass is 1400 g/mol. The number of piperidine rings is 3. The van der Waals surface area contributed by atoms with Crippen molar-refractivity contribution in [3.05, 3.63) is 117 Å². The van der Waals surface area contributed by atoms with E-state index >= 15 is 17.6 Å². The zero-order valence-electron chi connectivity index (χ0n) is 52.7. The summed E-state index contributed by atoms with van der Waals surface area (Å²) in [6.45, 7) is 10.3. The second kappa shape index (κ2) is 28.9. The van der Waals surface area contributed by atoms with Crippen molar-refractivity contribution in [3.8, 4) is 0 Å². The van der Waals surface area contributed by atoms with E-state index in [1.807, 2.05) is 34.9 Å². The van der Waals surface area contributed by atoms with Crippen LogP contribution in [0.25, 0.3) is 32.7 Å². The van der Waals surface area contributed by atoms with E-state index in [2.05, 4.69) is 61.5 Å². The van der Waals surface area contributed by atoms with Crippen molar-refractivity contribution >= 4 is 122 Å². The topological polar surface area (TPSA) is 260 Å². The average molecular weight is 1400 g/mol. The van der Waals surface area contributed by atoms with Gasteiger partial charge in [-0.1, -0.05) is 66.3 Å². The molecule has 0 aliphatic carbocycles. The number of aliphatic hydroxyl groups excluding tert-OH is 3. The first-order valence-corrected chi connectivity index (χ1v) is 36.5. The number of halogens is 7. The molecule has 0 bridgehead atoms. The zero-order chi connectivity index (χ0) is 67.7. The van der Waals surface area contributed by atoms with E-state index in [0.29, 0.717) is 82.5 Å². The van der Waals surface area contributed by atoms with Crippen LogP contribution in [-0.4, -0.2) is 209 Å². The number of urea groups is 1. The summed E-state index contributed by atoms with van der Waals surface area (Å²) < 4.78 is 87.1. The third kappa shape index (κ3) is 16.0. The number of H-pyrrole nitrogens is 3. The molecule has 510 valence electrons. The number of nitrogens with zero attached hydrogens (tertiary/aromatic N) is 8. The van der Waals surface area contributed by atoms with Gasteiger partial charge in [0.05, 0.1) is 54.3 Å². The lowest BCUT2D eigenvalue weighted by atomic mass is 9.68. The number of rotatable bonds is 14. The number of aromatic nitrogens is 6. The van der Waals surface area contributed by atoms with Crippen LogP contribution in [0.5, 0.6) is 0 Å². The third-order valence-electron chi connectivity index (χ3n) is 19.4. The molecule has 0 saturated carbocycles. The molecule has 7 aromatic rings. The number of alkyl halides is 4. The highest BCUT2D eigenvalue weighted by Gasteiger charge is 2.51. The Labute approximate surface area is 559 Å². The fraction of sp³-hybridized carbons (Fsp3) is 0.508. The molecule has 5 saturated heterocycles. The summed E-state index contributed by atoms with van der Waals surface area (Å²) in [5.41, 5.74) is 3.59. The second-order valence-electron chi connectivity index (χ2n) is 26.1. The van der Waals surface area contributed by atoms with Crippen LogP contribution in [0.3, 0.4) is 0 Å². The molecule has 29 heteroatoms. The fourth-order valence-corrected chi connectivity index (χ4v) is 17.2. The molecule has 4 atom stereocenters. The number of fused-ring (bicyclic) bond motifs is 3. The smallest absolute Gasteiger partial charge is 0.321 e. The van der Waals surface area contributed by atoms with E-state index in [-0.39, 0.29) is 110 Å². The van der Waals surface area contributed by atoms with E-state index in [1.165, 1.54) is 29.4 Å². The molecule has 3 aromatic heterocycles. The van der Waals surface area contributed by atoms with Crippen LogP contribution in [0.15, 0.2) is 79.3 Å². The first-order valence-electron chi connectivity index (χ1n) is 31.4. The molecule has 5 aliphatic heterocycles. The molecule has 94 heavy (non-hydrogen) atoms. The van der Waals surface area contributed by atoms with Crippen molar-refractivity contribution in [2.45, 2.75) is 95.9 Å². The maximum atomic E-state index is 15.3. The molecular weight excluding hydrogens is 1320 g/mol. The quantitative estimate of drug-likeness (QED) is 0.0396. The Morgan fingerprint density at radius 3 is 1.39 bits per heavy atom. The van der Waals surface area contributed by atoms with Gasteiger partial charge < -0.3 is 35.3 Å². The number of carbonyl (C=O) groups is 3. The molecule has 5 fully saturated rings. The number of benzene rings is 4. The van der Waals surface area contributed by atoms with E-state index in [4.69, 9.17) is 34.8 Å². The van der Waals surface area contributed by atoms with Crippen LogP contribution in [0.4, 0.5) is 28.0 Å². The number of aromatic amines is 3. The highest BCUT2D eigenvalue weighted by molar-refractivity contribution is 8.00. The van der Waals surface area contributed by atoms with Crippen LogP contribution in [0.1, 0.15) is 99.4 Å². The summed E-state index contributed by atoms with van der Waals surface area (Å²) in [5.74, 6) is 0.279. The molecule has 5 aliphatic rings. The van der Waals surface area contributed by atoms with Crippen LogP contribution < -0.4 is 5.32 Å². The summed E-state index contributed by atoms with van der Waals surface area (Å²) in [4.78, 5) is 44.8. The van der Waals surface area contributed by atoms with Crippen molar-refractivity contribution in [1.82, 2.24) is 54.5 Å². The number of aryl methyl sites for hydroxylation is 1. The molecule has 7 N–H and O–H groups in total. The van der Waals surface area contributed by atoms with E-state index in [0.717, 1.165) is 41.3 Å². The predicted molar refractivity (Wildman–Crippen MR) is 363 cm³/mol. The largest absolute Gasteiger partial charge is 0.388 e. The number of aliphatic hydroxyl groups is 3. The molecule has 0 spiro atoms. The third-order valence-corrected chi connectivity index (χ3v) is 24.1. The Hall–Kier alpha value is -6.07. The van der Waals surface area contributed by atoms with Gasteiger partial charge in [0, 0.05) is 151 Å². The van der Waals surface area contributed by atoms with Crippen molar-refractivity contribution in [2.24, 2.45) is 23.2 Å². The number of carbonyl (C=O) groups excluding carboxylic acids is 3. The Morgan fingerprint density at radius 1 is 0.585 bits per heavy atom. The minimum atomic E-state index is -3.39. The fourth-order valence-electron chi connectivity index (χ4n) is 13.4. The van der Waals surface area contributed by atoms with Crippen LogP contribution in [-0.2, 0) is 28.8 Å². The average Bonchev–Trinajstić information content (AvgIpc) is 1.32. The minimum absolute atomic E-state index is 0.0144. The lowest BCUT2D eigenvalue weighted by Crippen LogP contribution is -2.50. The van der Waals surface area contributed by atoms with Gasteiger partial charge in [-0.05, 0) is 133 Å². The van der Waals surface area contributed by atoms with E-state index in [9.17, 15) is 38.1 Å². The summed E-state index contributed by atoms with van der Waals surface area (Å²) in [5, 5.41) is 58.5. The number of hydrogen-bond acceptors (Lipinski definition) is 12. The first kappa shape index (κ1) is 70.7. The highest BCUT2D eigenvalue weighted by Crippen LogP contribution is 2.48. The molecule has 0 radical (unpaired) electrons. The van der Waals surface area contributed by atoms with Crippen LogP contribution in [0.2, 0.25) is 15.1 Å². The normalized spacial score (nSPS) is 21.0. The lowest BCUT2D eigenvalue weighted by Gasteiger charge is -2.43. The van der Waals surface area contributed by atoms with Gasteiger partial charge in [0.15, 0.2) is 0 Å². The molecule has 20 nitrogen and oxygen atoms in total. The summed E-state index contributed by atoms with van der Waals surface area (Å²) in [6, 6.07) is 16.5. The van der Waals surface area contributed by atoms with Crippen molar-refractivity contribution in [1.29, 1.82) is 0 Å². The Morgan fingerprint density at radius 2 is 0.979 bits per heavy atom. The molecule has 4 amide bonds. The number of nitrogens with one attached hydrogen (secondary N) is 4. The Bertz CT molecular complexity index is 4070. The highest BCUT2D eigenvalue weighted by atomic mass is 35.5. The zero-order valence-corrected chi connectivity index (χ0v) is 56.6. The molecule has 4 unspecified atom stereocenters. The van der Waals surface area contributed by atoms with Gasteiger partial charge >= 0.3 is 6.03 Å². The van der Waals surface area contributed by atoms with Gasteiger partial charge in [-0.2, -0.15) is 15.3 Å². The van der Waals surface area contributed by atoms with Crippen LogP contribution in [0, 0.1) is 30.1 Å². The maximum Gasteiger partial charge on any atom is 0.321 e. The SMILES string of the molecule is C=S1(=O)CCCN1CC(=O)N1CCC(C(C)(C)C(O)c2cc(Cl)cc3cn[nH]c23)CC1.C=S1(=O)CCN(CC(=O)N2CCC(C(F)(F)C(O)c3cc(Cl)cc4cn[nH]c34)CC2)CC1.Cc1ccc(NC(=O)N2CCC(C(F)(F)C(O)c3cc(Cl)cc4cn[nH]c34)CC2)cc1. The molecular formula is C65H81Cl3F4N12O8S2. The van der Waals surface area contributed by atoms with Crippen molar-refractivity contribution in [3.63, 3.8) is 0 Å². The summed E-state index contributed by atoms with van der Waals surface area (Å²) in [6.07, 6.45) is 2.65. The number of likely N-dealkylation sites (tertiary alicyclic amines) is 3. The lowest BCUT2D eigenvalue weighted by molar-refractivity contribution is -0.164. The maximum absolute atomic E-state index is 15.3. The van der Waals surface area contributed by atoms with Crippen molar-refractivity contribution in [2.75, 3.05) is 94.6 Å². The number of anilines is 1. The van der Waals surface area contributed by atoms with E-state index in [1.54, 1.807) is 45.7 Å². The standard InChI is InChI=1S/C22H23ClF2N4O2.C22H31ClN4O3S.C21H27ClF2N4O3S/c1-13-2-4-17(5-3-13)27-21(31)29-8-6-15(7-9-29)22(24,25)20(30)18-11-16(23)10-14-12-26-28-19(14)18;1-22(2,21(29)18-12-17(23)11-15-13-24-25-20(15)18)16-5-8-26(9-6-16)19(28)14-27-7-4-10-31(27,3)30;1-32(31)8-6-27(7-9-32)13-18(29)28-4-2-15(3-5-28)21(23,24)20(30)17-11-16(22)10-14-12-25-26-19(14)17/h2-5,10-12,15,20,30H,6-9H2,1H3,(H,26,28)(H,27,31);11-13,16,21,29H,3-10,14H2,1-2H3,(H,24,25);10-12,15,20,30H,1-9,13H2,(H,25,26). The molecule has 12 rings (SSSR count). The first-order chi connectivity index (χ1) is 44.4. The second-order valence-corrected chi connectivity index (χ2v) is 32.6. The Balaban J connectivity index is 0.000000154. The minimum Gasteiger partial charge on any atom is -0.388 e. The van der Waals surface area contributed by atoms with E-state index < -0.39 is 66.6 Å². The molecule has 8 heterocycles. The van der Waals surface area contributed by atoms with Gasteiger partial charge in [0.1, 0.15) is 12.2 Å². The van der Waals surface area contributed by atoms with Gasteiger partial charge in [-0.15, -0.1) is 0 Å². The Kier molecular flexibility index (Phi) is 21.8. The number of hydrogen-bond donors (Lipinski definition) is 7. The molecule has 4 aromatic carbocycles. The van der Waals surface area contributed by atoms with Gasteiger partial charge in [-0.25, -0.2) is 26.7 Å². The van der Waals surface area contributed by atoms with Crippen molar-refractivity contribution < 1.29 is 55.7 Å². The summed E-state index contributed by atoms with van der Waals surface area (Å²) >= 11 is 18.4. The van der Waals surface area contributed by atoms with Crippen LogP contribution >= 0.6 is 34.8 Å².